The fourth-order valence-corrected chi connectivity index (χ4v) is 2.41. The van der Waals surface area contributed by atoms with Crippen LogP contribution in [0.1, 0.15) is 18.9 Å². The molecule has 1 aliphatic carbocycles. The zero-order valence-electron chi connectivity index (χ0n) is 9.90. The van der Waals surface area contributed by atoms with Gasteiger partial charge in [0.25, 0.3) is 0 Å². The van der Waals surface area contributed by atoms with E-state index in [0.717, 1.165) is 18.5 Å². The highest BCUT2D eigenvalue weighted by atomic mass is 16.3. The van der Waals surface area contributed by atoms with E-state index in [1.807, 2.05) is 4.57 Å². The van der Waals surface area contributed by atoms with Crippen molar-refractivity contribution in [3.63, 3.8) is 0 Å². The molecule has 0 saturated carbocycles. The van der Waals surface area contributed by atoms with Gasteiger partial charge in [0.15, 0.2) is 11.5 Å². The van der Waals surface area contributed by atoms with Crippen molar-refractivity contribution in [3.8, 4) is 0 Å². The molecule has 94 valence electrons. The minimum absolute atomic E-state index is 0.176. The number of nitrogen functional groups attached to an aromatic ring is 1. The van der Waals surface area contributed by atoms with Crippen LogP contribution in [0.15, 0.2) is 24.8 Å². The van der Waals surface area contributed by atoms with E-state index in [-0.39, 0.29) is 12.6 Å². The van der Waals surface area contributed by atoms with Crippen molar-refractivity contribution in [2.45, 2.75) is 18.9 Å². The molecule has 2 heterocycles. The lowest BCUT2D eigenvalue weighted by Gasteiger charge is -2.24. The summed E-state index contributed by atoms with van der Waals surface area (Å²) in [4.78, 5) is 12.4. The van der Waals surface area contributed by atoms with E-state index in [2.05, 4.69) is 27.1 Å². The van der Waals surface area contributed by atoms with Gasteiger partial charge >= 0.3 is 0 Å². The summed E-state index contributed by atoms with van der Waals surface area (Å²) in [5.74, 6) is 0.703. The maximum absolute atomic E-state index is 9.26. The normalized spacial score (nSPS) is 23.6. The van der Waals surface area contributed by atoms with E-state index >= 15 is 0 Å². The van der Waals surface area contributed by atoms with Crippen molar-refractivity contribution in [3.05, 3.63) is 24.8 Å². The Bertz CT molecular complexity index is 591. The quantitative estimate of drug-likeness (QED) is 0.767. The van der Waals surface area contributed by atoms with Crippen LogP contribution in [0.4, 0.5) is 5.82 Å². The molecule has 3 rings (SSSR count). The molecule has 0 aromatic carbocycles. The molecular formula is C12H15N5O. The number of hydrogen-bond donors (Lipinski definition) is 2. The Morgan fingerprint density at radius 3 is 3.11 bits per heavy atom. The number of allylic oxidation sites excluding steroid dienone is 2. The summed E-state index contributed by atoms with van der Waals surface area (Å²) < 4.78 is 1.99. The Morgan fingerprint density at radius 2 is 2.28 bits per heavy atom. The standard InChI is InChI=1S/C12H15N5O/c13-11-10-12(15-6-14-11)17(7-16-10)9-3-1-2-8(4-9)5-18/h1,3,6-9,18H,2,4-5H2,(H2,13,14,15)/t8-,9+/m1/s1. The number of anilines is 1. The monoisotopic (exact) mass is 245 g/mol. The predicted octanol–water partition coefficient (Wildman–Crippen LogP) is 0.908. The molecule has 2 aromatic rings. The average Bonchev–Trinajstić information content (AvgIpc) is 2.84. The Hall–Kier alpha value is -1.95. The number of aromatic nitrogens is 4. The number of nitrogens with two attached hydrogens (primary N) is 1. The van der Waals surface area contributed by atoms with E-state index in [0.29, 0.717) is 17.3 Å². The third-order valence-electron chi connectivity index (χ3n) is 3.41. The van der Waals surface area contributed by atoms with Crippen molar-refractivity contribution in [1.82, 2.24) is 19.5 Å². The first kappa shape index (κ1) is 11.2. The van der Waals surface area contributed by atoms with Gasteiger partial charge in [-0.05, 0) is 18.8 Å². The van der Waals surface area contributed by atoms with Gasteiger partial charge < -0.3 is 15.4 Å². The van der Waals surface area contributed by atoms with Crippen LogP contribution in [0, 0.1) is 5.92 Å². The molecule has 0 amide bonds. The van der Waals surface area contributed by atoms with E-state index in [4.69, 9.17) is 5.73 Å². The van der Waals surface area contributed by atoms with Crippen LogP contribution < -0.4 is 5.73 Å². The van der Waals surface area contributed by atoms with Gasteiger partial charge in [-0.2, -0.15) is 0 Å². The molecule has 0 bridgehead atoms. The van der Waals surface area contributed by atoms with Gasteiger partial charge in [-0.3, -0.25) is 0 Å². The fourth-order valence-electron chi connectivity index (χ4n) is 2.41. The van der Waals surface area contributed by atoms with Crippen molar-refractivity contribution in [2.75, 3.05) is 12.3 Å². The Kier molecular flexibility index (Phi) is 2.71. The number of rotatable bonds is 2. The van der Waals surface area contributed by atoms with Crippen molar-refractivity contribution in [1.29, 1.82) is 0 Å². The lowest BCUT2D eigenvalue weighted by Crippen LogP contribution is -2.17. The zero-order valence-corrected chi connectivity index (χ0v) is 9.90. The zero-order chi connectivity index (χ0) is 12.5. The van der Waals surface area contributed by atoms with Gasteiger partial charge in [-0.25, -0.2) is 15.0 Å². The lowest BCUT2D eigenvalue weighted by molar-refractivity contribution is 0.204. The van der Waals surface area contributed by atoms with Gasteiger partial charge in [0.1, 0.15) is 11.8 Å². The molecule has 3 N–H and O–H groups in total. The second kappa shape index (κ2) is 4.38. The van der Waals surface area contributed by atoms with Gasteiger partial charge in [0.05, 0.1) is 12.4 Å². The first-order valence-electron chi connectivity index (χ1n) is 6.00. The van der Waals surface area contributed by atoms with Crippen LogP contribution in [-0.2, 0) is 0 Å². The van der Waals surface area contributed by atoms with Crippen LogP contribution in [0.5, 0.6) is 0 Å². The lowest BCUT2D eigenvalue weighted by atomic mass is 9.91. The number of aliphatic hydroxyl groups excluding tert-OH is 1. The minimum Gasteiger partial charge on any atom is -0.396 e. The largest absolute Gasteiger partial charge is 0.396 e. The van der Waals surface area contributed by atoms with Gasteiger partial charge in [-0.1, -0.05) is 12.2 Å². The highest BCUT2D eigenvalue weighted by Gasteiger charge is 2.21. The molecule has 2 aromatic heterocycles. The van der Waals surface area contributed by atoms with Crippen LogP contribution in [0.3, 0.4) is 0 Å². The topological polar surface area (TPSA) is 89.9 Å². The number of imidazole rings is 1. The molecule has 1 aliphatic rings. The molecule has 0 saturated heterocycles. The molecule has 0 unspecified atom stereocenters. The predicted molar refractivity (Wildman–Crippen MR) is 67.7 cm³/mol. The van der Waals surface area contributed by atoms with E-state index in [9.17, 15) is 5.11 Å². The van der Waals surface area contributed by atoms with Crippen molar-refractivity contribution >= 4 is 17.0 Å². The molecular weight excluding hydrogens is 230 g/mol. The second-order valence-electron chi connectivity index (χ2n) is 4.60. The fraction of sp³-hybridized carbons (Fsp3) is 0.417. The van der Waals surface area contributed by atoms with E-state index in [1.165, 1.54) is 6.33 Å². The Labute approximate surface area is 104 Å². The van der Waals surface area contributed by atoms with E-state index < -0.39 is 0 Å². The molecule has 18 heavy (non-hydrogen) atoms. The summed E-state index contributed by atoms with van der Waals surface area (Å²) in [5, 5.41) is 9.26. The van der Waals surface area contributed by atoms with E-state index in [1.54, 1.807) is 6.33 Å². The third kappa shape index (κ3) is 1.74. The SMILES string of the molecule is Nc1ncnc2c1ncn2[C@H]1C=CC[C@@H](CO)C1. The maximum Gasteiger partial charge on any atom is 0.165 e. The number of fused-ring (bicyclic) bond motifs is 1. The van der Waals surface area contributed by atoms with Crippen molar-refractivity contribution < 1.29 is 5.11 Å². The number of aliphatic hydroxyl groups is 1. The summed E-state index contributed by atoms with van der Waals surface area (Å²) >= 11 is 0. The Morgan fingerprint density at radius 1 is 1.39 bits per heavy atom. The molecule has 6 heteroatoms. The van der Waals surface area contributed by atoms with Gasteiger partial charge in [0.2, 0.25) is 0 Å². The van der Waals surface area contributed by atoms with Gasteiger partial charge in [0, 0.05) is 6.61 Å². The van der Waals surface area contributed by atoms with Crippen LogP contribution in [0.25, 0.3) is 11.2 Å². The summed E-state index contributed by atoms with van der Waals surface area (Å²) in [6.07, 6.45) is 9.24. The van der Waals surface area contributed by atoms with Crippen LogP contribution >= 0.6 is 0 Å². The third-order valence-corrected chi connectivity index (χ3v) is 3.41. The molecule has 0 radical (unpaired) electrons. The average molecular weight is 245 g/mol. The van der Waals surface area contributed by atoms with Crippen LogP contribution in [0.2, 0.25) is 0 Å². The molecule has 0 spiro atoms. The molecule has 0 fully saturated rings. The molecule has 6 nitrogen and oxygen atoms in total. The smallest absolute Gasteiger partial charge is 0.165 e. The summed E-state index contributed by atoms with van der Waals surface area (Å²) in [6.45, 7) is 0.213. The summed E-state index contributed by atoms with van der Waals surface area (Å²) in [7, 11) is 0. The summed E-state index contributed by atoms with van der Waals surface area (Å²) in [5.41, 5.74) is 7.15. The van der Waals surface area contributed by atoms with Crippen molar-refractivity contribution in [2.24, 2.45) is 5.92 Å². The second-order valence-corrected chi connectivity index (χ2v) is 4.60. The first-order chi connectivity index (χ1) is 8.79. The van der Waals surface area contributed by atoms with Gasteiger partial charge in [-0.15, -0.1) is 0 Å². The first-order valence-corrected chi connectivity index (χ1v) is 6.00. The molecule has 2 atom stereocenters. The Balaban J connectivity index is 2.02. The number of nitrogens with zero attached hydrogens (tertiary/aromatic N) is 4. The summed E-state index contributed by atoms with van der Waals surface area (Å²) in [6, 6.07) is 0.176. The highest BCUT2D eigenvalue weighted by molar-refractivity contribution is 5.81. The number of hydrogen-bond acceptors (Lipinski definition) is 5. The molecule has 0 aliphatic heterocycles. The maximum atomic E-state index is 9.26. The van der Waals surface area contributed by atoms with Crippen LogP contribution in [-0.4, -0.2) is 31.2 Å². The minimum atomic E-state index is 0.176. The highest BCUT2D eigenvalue weighted by Crippen LogP contribution is 2.29.